The summed E-state index contributed by atoms with van der Waals surface area (Å²) in [5.41, 5.74) is 2.66. The number of phenols is 1. The number of aromatic hydroxyl groups is 1. The Hall–Kier alpha value is -4.14. The van der Waals surface area contributed by atoms with Gasteiger partial charge in [0.1, 0.15) is 17.3 Å². The van der Waals surface area contributed by atoms with Crippen LogP contribution in [-0.4, -0.2) is 40.2 Å². The number of rotatable bonds is 6. The average molecular weight is 434 g/mol. The number of pyridine rings is 1. The molecule has 0 aliphatic carbocycles. The molecular formula is C23H22N4O5. The van der Waals surface area contributed by atoms with Crippen molar-refractivity contribution < 1.29 is 23.6 Å². The Kier molecular flexibility index (Phi) is 5.63. The molecule has 0 aliphatic rings. The number of para-hydroxylation sites is 1. The fourth-order valence-corrected chi connectivity index (χ4v) is 3.51. The van der Waals surface area contributed by atoms with Crippen molar-refractivity contribution in [2.24, 2.45) is 0 Å². The van der Waals surface area contributed by atoms with Gasteiger partial charge >= 0.3 is 0 Å². The number of aromatic nitrogens is 2. The van der Waals surface area contributed by atoms with Crippen molar-refractivity contribution in [2.45, 2.75) is 20.8 Å². The van der Waals surface area contributed by atoms with Gasteiger partial charge in [-0.25, -0.2) is 4.98 Å². The molecule has 0 bridgehead atoms. The summed E-state index contributed by atoms with van der Waals surface area (Å²) in [5, 5.41) is 19.7. The van der Waals surface area contributed by atoms with Crippen molar-refractivity contribution in [1.82, 2.24) is 20.8 Å². The van der Waals surface area contributed by atoms with Crippen molar-refractivity contribution in [3.8, 4) is 17.0 Å². The summed E-state index contributed by atoms with van der Waals surface area (Å²) in [5.74, 6) is 0.544. The lowest BCUT2D eigenvalue weighted by molar-refractivity contribution is 0.0927. The summed E-state index contributed by atoms with van der Waals surface area (Å²) in [6.45, 7) is 5.77. The highest BCUT2D eigenvalue weighted by molar-refractivity contribution is 6.07. The van der Waals surface area contributed by atoms with E-state index in [1.54, 1.807) is 25.1 Å². The largest absolute Gasteiger partial charge is 0.507 e. The average Bonchev–Trinajstić information content (AvgIpc) is 3.31. The van der Waals surface area contributed by atoms with Crippen LogP contribution in [-0.2, 0) is 0 Å². The number of phenolic OH excluding ortho intramolecular Hbond substituents is 1. The zero-order chi connectivity index (χ0) is 22.8. The SMILES string of the molecule is Cc1cc(-c2cc(C(=O)NCCNC(=O)c3ccccc3O)c3c(C)noc3n2)c(C)o1. The maximum absolute atomic E-state index is 13.0. The number of benzene rings is 1. The molecule has 164 valence electrons. The lowest BCUT2D eigenvalue weighted by Crippen LogP contribution is -2.34. The number of hydrogen-bond donors (Lipinski definition) is 3. The molecule has 9 heteroatoms. The molecule has 3 N–H and O–H groups in total. The number of hydrogen-bond acceptors (Lipinski definition) is 7. The Morgan fingerprint density at radius 2 is 1.69 bits per heavy atom. The Morgan fingerprint density at radius 1 is 1.00 bits per heavy atom. The third-order valence-electron chi connectivity index (χ3n) is 5.02. The number of carbonyl (C=O) groups excluding carboxylic acids is 2. The van der Waals surface area contributed by atoms with Gasteiger partial charge < -0.3 is 24.7 Å². The zero-order valence-electron chi connectivity index (χ0n) is 17.9. The van der Waals surface area contributed by atoms with E-state index < -0.39 is 5.91 Å². The van der Waals surface area contributed by atoms with Crippen molar-refractivity contribution in [3.05, 3.63) is 64.7 Å². The Labute approximate surface area is 183 Å². The Morgan fingerprint density at radius 3 is 2.34 bits per heavy atom. The lowest BCUT2D eigenvalue weighted by atomic mass is 10.1. The van der Waals surface area contributed by atoms with Gasteiger partial charge in [0.05, 0.1) is 27.9 Å². The van der Waals surface area contributed by atoms with Crippen LogP contribution in [0.2, 0.25) is 0 Å². The van der Waals surface area contributed by atoms with E-state index in [4.69, 9.17) is 8.94 Å². The number of nitrogens with one attached hydrogen (secondary N) is 2. The van der Waals surface area contributed by atoms with Crippen molar-refractivity contribution in [1.29, 1.82) is 0 Å². The number of aryl methyl sites for hydroxylation is 3. The molecule has 4 rings (SSSR count). The first kappa shape index (κ1) is 21.1. The maximum Gasteiger partial charge on any atom is 0.259 e. The molecule has 0 spiro atoms. The van der Waals surface area contributed by atoms with Gasteiger partial charge in [-0.1, -0.05) is 17.3 Å². The van der Waals surface area contributed by atoms with Gasteiger partial charge in [0.25, 0.3) is 17.5 Å². The molecule has 4 aromatic rings. The van der Waals surface area contributed by atoms with Crippen LogP contribution in [0.3, 0.4) is 0 Å². The van der Waals surface area contributed by atoms with Crippen molar-refractivity contribution in [3.63, 3.8) is 0 Å². The summed E-state index contributed by atoms with van der Waals surface area (Å²) in [7, 11) is 0. The first-order valence-electron chi connectivity index (χ1n) is 10.0. The highest BCUT2D eigenvalue weighted by Gasteiger charge is 2.21. The molecule has 2 amide bonds. The second-order valence-corrected chi connectivity index (χ2v) is 7.36. The van der Waals surface area contributed by atoms with Crippen LogP contribution >= 0.6 is 0 Å². The first-order chi connectivity index (χ1) is 15.3. The molecule has 0 unspecified atom stereocenters. The first-order valence-corrected chi connectivity index (χ1v) is 10.0. The molecule has 3 heterocycles. The van der Waals surface area contributed by atoms with Gasteiger partial charge in [-0.3, -0.25) is 9.59 Å². The van der Waals surface area contributed by atoms with E-state index >= 15 is 0 Å². The minimum absolute atomic E-state index is 0.103. The third kappa shape index (κ3) is 4.04. The van der Waals surface area contributed by atoms with Gasteiger partial charge in [-0.2, -0.15) is 0 Å². The second-order valence-electron chi connectivity index (χ2n) is 7.36. The van der Waals surface area contributed by atoms with Crippen LogP contribution in [0.1, 0.15) is 37.9 Å². The van der Waals surface area contributed by atoms with Crippen molar-refractivity contribution >= 4 is 22.9 Å². The van der Waals surface area contributed by atoms with Crippen LogP contribution in [0.25, 0.3) is 22.4 Å². The minimum Gasteiger partial charge on any atom is -0.507 e. The van der Waals surface area contributed by atoms with Gasteiger partial charge in [0.2, 0.25) is 0 Å². The summed E-state index contributed by atoms with van der Waals surface area (Å²) in [4.78, 5) is 29.6. The van der Waals surface area contributed by atoms with Gasteiger partial charge in [0.15, 0.2) is 0 Å². The topological polar surface area (TPSA) is 130 Å². The molecular weight excluding hydrogens is 412 g/mol. The van der Waals surface area contributed by atoms with E-state index in [1.807, 2.05) is 19.9 Å². The highest BCUT2D eigenvalue weighted by atomic mass is 16.5. The predicted octanol–water partition coefficient (Wildman–Crippen LogP) is 3.27. The molecule has 1 aromatic carbocycles. The van der Waals surface area contributed by atoms with Gasteiger partial charge in [0, 0.05) is 18.7 Å². The monoisotopic (exact) mass is 434 g/mol. The molecule has 3 aromatic heterocycles. The van der Waals surface area contributed by atoms with E-state index in [0.29, 0.717) is 28.1 Å². The van der Waals surface area contributed by atoms with Crippen LogP contribution in [0.5, 0.6) is 5.75 Å². The Balaban J connectivity index is 1.50. The molecule has 0 saturated carbocycles. The standard InChI is InChI=1S/C23H22N4O5/c1-12-10-16(14(3)31-12)18-11-17(20-13(2)27-32-23(20)26-18)22(30)25-9-8-24-21(29)15-6-4-5-7-19(15)28/h4-7,10-11,28H,8-9H2,1-3H3,(H,24,29)(H,25,30). The fraction of sp³-hybridized carbons (Fsp3) is 0.217. The van der Waals surface area contributed by atoms with E-state index in [1.165, 1.54) is 12.1 Å². The number of furan rings is 1. The van der Waals surface area contributed by atoms with E-state index in [9.17, 15) is 14.7 Å². The van der Waals surface area contributed by atoms with Crippen LogP contribution in [0.15, 0.2) is 45.3 Å². The maximum atomic E-state index is 13.0. The van der Waals surface area contributed by atoms with Crippen LogP contribution in [0, 0.1) is 20.8 Å². The van der Waals surface area contributed by atoms with Crippen LogP contribution in [0.4, 0.5) is 0 Å². The smallest absolute Gasteiger partial charge is 0.259 e. The molecule has 0 fully saturated rings. The molecule has 0 radical (unpaired) electrons. The summed E-state index contributed by atoms with van der Waals surface area (Å²) < 4.78 is 10.9. The molecule has 32 heavy (non-hydrogen) atoms. The van der Waals surface area contributed by atoms with Gasteiger partial charge in [-0.15, -0.1) is 0 Å². The number of amides is 2. The van der Waals surface area contributed by atoms with E-state index in [0.717, 1.165) is 11.3 Å². The summed E-state index contributed by atoms with van der Waals surface area (Å²) in [6, 6.07) is 9.78. The van der Waals surface area contributed by atoms with E-state index in [2.05, 4.69) is 20.8 Å². The number of nitrogens with zero attached hydrogens (tertiary/aromatic N) is 2. The molecule has 0 aliphatic heterocycles. The van der Waals surface area contributed by atoms with Crippen molar-refractivity contribution in [2.75, 3.05) is 13.1 Å². The van der Waals surface area contributed by atoms with Gasteiger partial charge in [-0.05, 0) is 45.0 Å². The molecule has 0 atom stereocenters. The highest BCUT2D eigenvalue weighted by Crippen LogP contribution is 2.30. The summed E-state index contributed by atoms with van der Waals surface area (Å²) >= 11 is 0. The Bertz CT molecular complexity index is 1320. The minimum atomic E-state index is -0.424. The molecule has 9 nitrogen and oxygen atoms in total. The zero-order valence-corrected chi connectivity index (χ0v) is 17.9. The normalized spacial score (nSPS) is 11.0. The lowest BCUT2D eigenvalue weighted by Gasteiger charge is -2.09. The summed E-state index contributed by atoms with van der Waals surface area (Å²) in [6.07, 6.45) is 0. The number of carbonyl (C=O) groups is 2. The predicted molar refractivity (Wildman–Crippen MR) is 116 cm³/mol. The molecule has 0 saturated heterocycles. The van der Waals surface area contributed by atoms with Crippen LogP contribution < -0.4 is 10.6 Å². The number of fused-ring (bicyclic) bond motifs is 1. The van der Waals surface area contributed by atoms with E-state index in [-0.39, 0.29) is 36.0 Å². The second kappa shape index (κ2) is 8.54. The quantitative estimate of drug-likeness (QED) is 0.397. The third-order valence-corrected chi connectivity index (χ3v) is 5.02. The fourth-order valence-electron chi connectivity index (χ4n) is 3.51.